The zero-order valence-corrected chi connectivity index (χ0v) is 13.7. The summed E-state index contributed by atoms with van der Waals surface area (Å²) in [6.07, 6.45) is -1.12. The molecule has 0 aliphatic heterocycles. The van der Waals surface area contributed by atoms with E-state index < -0.39 is 12.2 Å². The smallest absolute Gasteiger partial charge is 0.415 e. The second-order valence-electron chi connectivity index (χ2n) is 4.11. The summed E-state index contributed by atoms with van der Waals surface area (Å²) in [6.45, 7) is 2.66. The van der Waals surface area contributed by atoms with E-state index in [0.29, 0.717) is 24.5 Å². The molecule has 0 bridgehead atoms. The van der Waals surface area contributed by atoms with E-state index in [1.165, 1.54) is 11.0 Å². The van der Waals surface area contributed by atoms with Crippen LogP contribution in [0.2, 0.25) is 0 Å². The van der Waals surface area contributed by atoms with Crippen molar-refractivity contribution in [2.24, 2.45) is 0 Å². The normalized spacial score (nSPS) is 9.95. The highest BCUT2D eigenvalue weighted by Crippen LogP contribution is 2.18. The molecule has 0 aliphatic carbocycles. The van der Waals surface area contributed by atoms with E-state index in [4.69, 9.17) is 32.7 Å². The van der Waals surface area contributed by atoms with Crippen LogP contribution in [0.15, 0.2) is 24.3 Å². The molecule has 0 heterocycles. The Morgan fingerprint density at radius 3 is 2.50 bits per heavy atom. The van der Waals surface area contributed by atoms with Gasteiger partial charge in [0.25, 0.3) is 0 Å². The molecule has 0 unspecified atom stereocenters. The van der Waals surface area contributed by atoms with E-state index >= 15 is 0 Å². The zero-order chi connectivity index (χ0) is 16.4. The predicted molar refractivity (Wildman–Crippen MR) is 86.1 cm³/mol. The maximum absolute atomic E-state index is 12.0. The molecule has 0 spiro atoms. The highest BCUT2D eigenvalue weighted by Gasteiger charge is 2.15. The number of anilines is 1. The van der Waals surface area contributed by atoms with Crippen molar-refractivity contribution in [2.45, 2.75) is 6.92 Å². The molecular formula is C14H18Cl2N2O4. The molecular weight excluding hydrogens is 331 g/mol. The number of hydrogen-bond donors (Lipinski definition) is 1. The Hall–Kier alpha value is -1.66. The number of hydrogen-bond acceptors (Lipinski definition) is 4. The summed E-state index contributed by atoms with van der Waals surface area (Å²) >= 11 is 11.3. The van der Waals surface area contributed by atoms with Crippen LogP contribution in [0.25, 0.3) is 0 Å². The number of ether oxygens (including phenoxy) is 2. The van der Waals surface area contributed by atoms with Crippen LogP contribution in [0.1, 0.15) is 6.92 Å². The topological polar surface area (TPSA) is 67.9 Å². The van der Waals surface area contributed by atoms with Crippen molar-refractivity contribution in [3.8, 4) is 5.75 Å². The largest absolute Gasteiger partial charge is 0.450 e. The molecule has 1 aromatic carbocycles. The van der Waals surface area contributed by atoms with Crippen LogP contribution in [-0.2, 0) is 4.74 Å². The Morgan fingerprint density at radius 2 is 1.91 bits per heavy atom. The van der Waals surface area contributed by atoms with E-state index in [1.54, 1.807) is 25.1 Å². The molecule has 0 saturated heterocycles. The Balaban J connectivity index is 2.68. The molecule has 1 N–H and O–H groups in total. The molecule has 0 aliphatic rings. The summed E-state index contributed by atoms with van der Waals surface area (Å²) in [5.74, 6) is 0.876. The third kappa shape index (κ3) is 6.41. The third-order valence-corrected chi connectivity index (χ3v) is 2.87. The quantitative estimate of drug-likeness (QED) is 0.765. The van der Waals surface area contributed by atoms with Crippen molar-refractivity contribution in [3.63, 3.8) is 0 Å². The summed E-state index contributed by atoms with van der Waals surface area (Å²) < 4.78 is 10.0. The standard InChI is InChI=1S/C14H18Cl2N2O4/c1-2-21-13(19)17-11-4-3-5-12(10-11)22-14(20)18(8-6-15)9-7-16/h3-5,10H,2,6-9H2,1H3,(H,17,19). The van der Waals surface area contributed by atoms with Gasteiger partial charge in [-0.3, -0.25) is 5.32 Å². The van der Waals surface area contributed by atoms with Gasteiger partial charge in [0.1, 0.15) is 5.75 Å². The van der Waals surface area contributed by atoms with Gasteiger partial charge in [-0.25, -0.2) is 9.59 Å². The first-order valence-corrected chi connectivity index (χ1v) is 7.80. The van der Waals surface area contributed by atoms with Gasteiger partial charge in [0.05, 0.1) is 6.61 Å². The Bertz CT molecular complexity index is 493. The minimum Gasteiger partial charge on any atom is -0.450 e. The molecule has 2 amide bonds. The van der Waals surface area contributed by atoms with E-state index in [0.717, 1.165) is 0 Å². The maximum Gasteiger partial charge on any atom is 0.415 e. The summed E-state index contributed by atoms with van der Waals surface area (Å²) in [7, 11) is 0. The molecule has 0 aromatic heterocycles. The summed E-state index contributed by atoms with van der Waals surface area (Å²) in [5, 5.41) is 2.53. The lowest BCUT2D eigenvalue weighted by molar-refractivity contribution is 0.158. The van der Waals surface area contributed by atoms with Crippen molar-refractivity contribution in [2.75, 3.05) is 36.8 Å². The zero-order valence-electron chi connectivity index (χ0n) is 12.2. The number of alkyl halides is 2. The van der Waals surface area contributed by atoms with Crippen molar-refractivity contribution in [1.29, 1.82) is 0 Å². The van der Waals surface area contributed by atoms with Gasteiger partial charge in [0.15, 0.2) is 0 Å². The first-order valence-electron chi connectivity index (χ1n) is 6.73. The fourth-order valence-corrected chi connectivity index (χ4v) is 1.99. The van der Waals surface area contributed by atoms with E-state index in [1.807, 2.05) is 0 Å². The number of carbonyl (C=O) groups excluding carboxylic acids is 2. The monoisotopic (exact) mass is 348 g/mol. The van der Waals surface area contributed by atoms with Gasteiger partial charge in [0, 0.05) is 36.6 Å². The Morgan fingerprint density at radius 1 is 1.23 bits per heavy atom. The van der Waals surface area contributed by atoms with Gasteiger partial charge in [-0.05, 0) is 19.1 Å². The summed E-state index contributed by atoms with van der Waals surface area (Å²) in [4.78, 5) is 24.8. The highest BCUT2D eigenvalue weighted by molar-refractivity contribution is 6.18. The molecule has 1 rings (SSSR count). The minimum atomic E-state index is -0.572. The van der Waals surface area contributed by atoms with Gasteiger partial charge in [-0.15, -0.1) is 23.2 Å². The average Bonchev–Trinajstić information content (AvgIpc) is 2.47. The number of benzene rings is 1. The van der Waals surface area contributed by atoms with Crippen molar-refractivity contribution in [3.05, 3.63) is 24.3 Å². The van der Waals surface area contributed by atoms with Gasteiger partial charge in [-0.2, -0.15) is 0 Å². The van der Waals surface area contributed by atoms with Gasteiger partial charge in [-0.1, -0.05) is 6.07 Å². The van der Waals surface area contributed by atoms with Crippen molar-refractivity contribution in [1.82, 2.24) is 4.90 Å². The molecule has 0 atom stereocenters. The molecule has 6 nitrogen and oxygen atoms in total. The fourth-order valence-electron chi connectivity index (χ4n) is 1.59. The first-order chi connectivity index (χ1) is 10.6. The van der Waals surface area contributed by atoms with Crippen LogP contribution in [0.3, 0.4) is 0 Å². The predicted octanol–water partition coefficient (Wildman–Crippen LogP) is 3.53. The van der Waals surface area contributed by atoms with E-state index in [2.05, 4.69) is 5.32 Å². The molecule has 8 heteroatoms. The molecule has 1 aromatic rings. The molecule has 0 fully saturated rings. The summed E-state index contributed by atoms with van der Waals surface area (Å²) in [5.41, 5.74) is 0.463. The van der Waals surface area contributed by atoms with E-state index in [-0.39, 0.29) is 18.4 Å². The number of halogens is 2. The van der Waals surface area contributed by atoms with Crippen molar-refractivity contribution >= 4 is 41.1 Å². The van der Waals surface area contributed by atoms with Crippen molar-refractivity contribution < 1.29 is 19.1 Å². The summed E-state index contributed by atoms with van der Waals surface area (Å²) in [6, 6.07) is 6.43. The van der Waals surface area contributed by atoms with Crippen LogP contribution >= 0.6 is 23.2 Å². The third-order valence-electron chi connectivity index (χ3n) is 2.53. The lowest BCUT2D eigenvalue weighted by atomic mass is 10.3. The Kier molecular flexibility index (Phi) is 8.47. The van der Waals surface area contributed by atoms with Crippen LogP contribution in [0.5, 0.6) is 5.75 Å². The number of nitrogens with zero attached hydrogens (tertiary/aromatic N) is 1. The van der Waals surface area contributed by atoms with Crippen LogP contribution in [0, 0.1) is 0 Å². The number of amides is 2. The lowest BCUT2D eigenvalue weighted by Gasteiger charge is -2.19. The van der Waals surface area contributed by atoms with Crippen LogP contribution < -0.4 is 10.1 Å². The number of nitrogens with one attached hydrogen (secondary N) is 1. The average molecular weight is 349 g/mol. The first kappa shape index (κ1) is 18.4. The second-order valence-corrected chi connectivity index (χ2v) is 4.86. The second kappa shape index (κ2) is 10.1. The number of carbonyl (C=O) groups is 2. The van der Waals surface area contributed by atoms with Crippen LogP contribution in [-0.4, -0.2) is 48.5 Å². The molecule has 0 saturated carbocycles. The highest BCUT2D eigenvalue weighted by atomic mass is 35.5. The molecule has 0 radical (unpaired) electrons. The maximum atomic E-state index is 12.0. The SMILES string of the molecule is CCOC(=O)Nc1cccc(OC(=O)N(CCCl)CCCl)c1. The number of rotatable bonds is 7. The lowest BCUT2D eigenvalue weighted by Crippen LogP contribution is -2.36. The van der Waals surface area contributed by atoms with Gasteiger partial charge in [0.2, 0.25) is 0 Å². The van der Waals surface area contributed by atoms with E-state index in [9.17, 15) is 9.59 Å². The van der Waals surface area contributed by atoms with Gasteiger partial charge >= 0.3 is 12.2 Å². The Labute approximate surface area is 139 Å². The van der Waals surface area contributed by atoms with Crippen LogP contribution in [0.4, 0.5) is 15.3 Å². The molecule has 22 heavy (non-hydrogen) atoms. The minimum absolute atomic E-state index is 0.270. The molecule has 122 valence electrons. The fraction of sp³-hybridized carbons (Fsp3) is 0.429. The van der Waals surface area contributed by atoms with Gasteiger partial charge < -0.3 is 14.4 Å².